The number of anilines is 1. The Hall–Kier alpha value is -3.07. The van der Waals surface area contributed by atoms with Crippen LogP contribution in [0.3, 0.4) is 0 Å². The number of alkyl halides is 3. The molecular weight excluding hydrogens is 365 g/mol. The second kappa shape index (κ2) is 9.04. The van der Waals surface area contributed by atoms with E-state index in [-0.39, 0.29) is 18.7 Å². The van der Waals surface area contributed by atoms with E-state index in [1.807, 2.05) is 6.07 Å². The van der Waals surface area contributed by atoms with Crippen LogP contribution in [0.2, 0.25) is 0 Å². The lowest BCUT2D eigenvalue weighted by molar-refractivity contribution is -0.274. The SMILES string of the molecule is O=C(NCCC(O)c1ccccc1)C(=O)Nc1ccc(OC(F)(F)F)cc1. The van der Waals surface area contributed by atoms with Gasteiger partial charge in [-0.2, -0.15) is 0 Å². The van der Waals surface area contributed by atoms with Crippen molar-refractivity contribution >= 4 is 17.5 Å². The summed E-state index contributed by atoms with van der Waals surface area (Å²) in [5, 5.41) is 14.6. The zero-order valence-electron chi connectivity index (χ0n) is 14.0. The summed E-state index contributed by atoms with van der Waals surface area (Å²) >= 11 is 0. The summed E-state index contributed by atoms with van der Waals surface area (Å²) in [6.45, 7) is 0.0701. The number of carbonyl (C=O) groups excluding carboxylic acids is 2. The molecule has 2 rings (SSSR count). The van der Waals surface area contributed by atoms with Gasteiger partial charge in [-0.05, 0) is 36.2 Å². The molecule has 0 aliphatic carbocycles. The fraction of sp³-hybridized carbons (Fsp3) is 0.222. The van der Waals surface area contributed by atoms with Crippen LogP contribution in [0.1, 0.15) is 18.1 Å². The molecule has 0 fully saturated rings. The van der Waals surface area contributed by atoms with E-state index in [2.05, 4.69) is 15.4 Å². The van der Waals surface area contributed by atoms with E-state index in [9.17, 15) is 27.9 Å². The molecule has 2 amide bonds. The van der Waals surface area contributed by atoms with Gasteiger partial charge in [-0.1, -0.05) is 30.3 Å². The molecule has 1 atom stereocenters. The van der Waals surface area contributed by atoms with Gasteiger partial charge >= 0.3 is 18.2 Å². The van der Waals surface area contributed by atoms with Gasteiger partial charge in [-0.25, -0.2) is 0 Å². The highest BCUT2D eigenvalue weighted by Gasteiger charge is 2.31. The van der Waals surface area contributed by atoms with Crippen LogP contribution in [-0.2, 0) is 9.59 Å². The summed E-state index contributed by atoms with van der Waals surface area (Å²) in [4.78, 5) is 23.5. The number of benzene rings is 2. The average molecular weight is 382 g/mol. The minimum atomic E-state index is -4.81. The normalized spacial score (nSPS) is 12.1. The van der Waals surface area contributed by atoms with Crippen molar-refractivity contribution in [1.29, 1.82) is 0 Å². The third kappa shape index (κ3) is 6.98. The molecule has 0 saturated carbocycles. The van der Waals surface area contributed by atoms with Gasteiger partial charge in [0, 0.05) is 12.2 Å². The first-order valence-corrected chi connectivity index (χ1v) is 7.92. The molecule has 0 aliphatic heterocycles. The maximum Gasteiger partial charge on any atom is 0.573 e. The van der Waals surface area contributed by atoms with Gasteiger partial charge in [0.1, 0.15) is 5.75 Å². The van der Waals surface area contributed by atoms with Crippen molar-refractivity contribution in [3.8, 4) is 5.75 Å². The molecule has 0 aromatic heterocycles. The molecule has 0 radical (unpaired) electrons. The molecule has 2 aromatic rings. The fourth-order valence-electron chi connectivity index (χ4n) is 2.17. The second-order valence-electron chi connectivity index (χ2n) is 5.50. The van der Waals surface area contributed by atoms with Gasteiger partial charge in [-0.15, -0.1) is 13.2 Å². The highest BCUT2D eigenvalue weighted by Crippen LogP contribution is 2.23. The van der Waals surface area contributed by atoms with Crippen LogP contribution in [0.4, 0.5) is 18.9 Å². The van der Waals surface area contributed by atoms with Crippen molar-refractivity contribution in [3.05, 3.63) is 60.2 Å². The van der Waals surface area contributed by atoms with Crippen LogP contribution >= 0.6 is 0 Å². The van der Waals surface area contributed by atoms with E-state index in [0.29, 0.717) is 5.56 Å². The molecule has 0 saturated heterocycles. The van der Waals surface area contributed by atoms with Crippen LogP contribution in [0, 0.1) is 0 Å². The number of carbonyl (C=O) groups is 2. The number of halogens is 3. The number of rotatable bonds is 6. The minimum absolute atomic E-state index is 0.0701. The van der Waals surface area contributed by atoms with E-state index in [1.165, 1.54) is 12.1 Å². The number of hydrogen-bond acceptors (Lipinski definition) is 4. The average Bonchev–Trinajstić information content (AvgIpc) is 2.62. The molecule has 9 heteroatoms. The topological polar surface area (TPSA) is 87.7 Å². The summed E-state index contributed by atoms with van der Waals surface area (Å²) in [6, 6.07) is 13.2. The van der Waals surface area contributed by atoms with Crippen molar-refractivity contribution in [2.24, 2.45) is 0 Å². The quantitative estimate of drug-likeness (QED) is 0.671. The number of amides is 2. The minimum Gasteiger partial charge on any atom is -0.406 e. The molecule has 0 heterocycles. The zero-order chi connectivity index (χ0) is 19.9. The van der Waals surface area contributed by atoms with Gasteiger partial charge in [0.15, 0.2) is 0 Å². The molecule has 0 bridgehead atoms. The summed E-state index contributed by atoms with van der Waals surface area (Å²) in [5.41, 5.74) is 0.825. The first-order chi connectivity index (χ1) is 12.7. The van der Waals surface area contributed by atoms with Crippen molar-refractivity contribution in [2.75, 3.05) is 11.9 Å². The highest BCUT2D eigenvalue weighted by molar-refractivity contribution is 6.39. The van der Waals surface area contributed by atoms with Gasteiger partial charge in [0.25, 0.3) is 0 Å². The predicted molar refractivity (Wildman–Crippen MR) is 90.8 cm³/mol. The maximum atomic E-state index is 12.1. The molecule has 144 valence electrons. The monoisotopic (exact) mass is 382 g/mol. The van der Waals surface area contributed by atoms with Gasteiger partial charge in [0.05, 0.1) is 6.10 Å². The van der Waals surface area contributed by atoms with Gasteiger partial charge in [-0.3, -0.25) is 9.59 Å². The van der Waals surface area contributed by atoms with Crippen molar-refractivity contribution in [2.45, 2.75) is 18.9 Å². The second-order valence-corrected chi connectivity index (χ2v) is 5.50. The predicted octanol–water partition coefficient (Wildman–Crippen LogP) is 2.76. The smallest absolute Gasteiger partial charge is 0.406 e. The summed E-state index contributed by atoms with van der Waals surface area (Å²) in [7, 11) is 0. The number of nitrogens with one attached hydrogen (secondary N) is 2. The summed E-state index contributed by atoms with van der Waals surface area (Å²) in [5.74, 6) is -2.35. The first kappa shape index (κ1) is 20.2. The van der Waals surface area contributed by atoms with E-state index in [4.69, 9.17) is 0 Å². The Morgan fingerprint density at radius 2 is 1.63 bits per heavy atom. The lowest BCUT2D eigenvalue weighted by Gasteiger charge is -2.12. The molecule has 2 aromatic carbocycles. The lowest BCUT2D eigenvalue weighted by Crippen LogP contribution is -2.36. The van der Waals surface area contributed by atoms with Crippen molar-refractivity contribution < 1.29 is 32.6 Å². The Kier molecular flexibility index (Phi) is 6.78. The molecule has 6 nitrogen and oxygen atoms in total. The van der Waals surface area contributed by atoms with Crippen LogP contribution in [-0.4, -0.2) is 29.8 Å². The maximum absolute atomic E-state index is 12.1. The van der Waals surface area contributed by atoms with E-state index < -0.39 is 30.0 Å². The van der Waals surface area contributed by atoms with Crippen LogP contribution in [0.15, 0.2) is 54.6 Å². The Morgan fingerprint density at radius 1 is 1.00 bits per heavy atom. The van der Waals surface area contributed by atoms with Crippen molar-refractivity contribution in [1.82, 2.24) is 5.32 Å². The Labute approximate surface area is 153 Å². The van der Waals surface area contributed by atoms with Crippen LogP contribution in [0.25, 0.3) is 0 Å². The molecule has 3 N–H and O–H groups in total. The Morgan fingerprint density at radius 3 is 2.22 bits per heavy atom. The summed E-state index contributed by atoms with van der Waals surface area (Å²) < 4.78 is 39.9. The van der Waals surface area contributed by atoms with Gasteiger partial charge < -0.3 is 20.5 Å². The standard InChI is InChI=1S/C18H17F3N2O4/c19-18(20,21)27-14-8-6-13(7-9-14)23-17(26)16(25)22-11-10-15(24)12-4-2-1-3-5-12/h1-9,15,24H,10-11H2,(H,22,25)(H,23,26). The van der Waals surface area contributed by atoms with Crippen LogP contribution < -0.4 is 15.4 Å². The number of ether oxygens (including phenoxy) is 1. The van der Waals surface area contributed by atoms with E-state index >= 15 is 0 Å². The first-order valence-electron chi connectivity index (χ1n) is 7.92. The molecule has 0 spiro atoms. The summed E-state index contributed by atoms with van der Waals surface area (Å²) in [6.07, 6.45) is -5.38. The van der Waals surface area contributed by atoms with Gasteiger partial charge in [0.2, 0.25) is 0 Å². The number of aliphatic hydroxyl groups excluding tert-OH is 1. The van der Waals surface area contributed by atoms with E-state index in [1.54, 1.807) is 24.3 Å². The fourth-order valence-corrected chi connectivity index (χ4v) is 2.17. The lowest BCUT2D eigenvalue weighted by atomic mass is 10.1. The van der Waals surface area contributed by atoms with Crippen LogP contribution in [0.5, 0.6) is 5.75 Å². The highest BCUT2D eigenvalue weighted by atomic mass is 19.4. The van der Waals surface area contributed by atoms with E-state index in [0.717, 1.165) is 12.1 Å². The Balaban J connectivity index is 1.77. The molecule has 0 aliphatic rings. The number of hydrogen-bond donors (Lipinski definition) is 3. The Bertz CT molecular complexity index is 764. The zero-order valence-corrected chi connectivity index (χ0v) is 14.0. The molecular formula is C18H17F3N2O4. The molecule has 1 unspecified atom stereocenters. The molecule has 27 heavy (non-hydrogen) atoms. The largest absolute Gasteiger partial charge is 0.573 e. The van der Waals surface area contributed by atoms with Crippen molar-refractivity contribution in [3.63, 3.8) is 0 Å². The third-order valence-electron chi connectivity index (χ3n) is 3.44. The third-order valence-corrected chi connectivity index (χ3v) is 3.44. The number of aliphatic hydroxyl groups is 1.